The van der Waals surface area contributed by atoms with Gasteiger partial charge in [0, 0.05) is 17.4 Å². The number of anilines is 4. The van der Waals surface area contributed by atoms with Crippen LogP contribution < -0.4 is 36.1 Å². The van der Waals surface area contributed by atoms with Gasteiger partial charge in [-0.25, -0.2) is 19.2 Å². The summed E-state index contributed by atoms with van der Waals surface area (Å²) in [4.78, 5) is 49.6. The molecule has 0 heterocycles. The van der Waals surface area contributed by atoms with E-state index in [0.29, 0.717) is 11.4 Å². The Balaban J connectivity index is 1.50. The Labute approximate surface area is 246 Å². The van der Waals surface area contributed by atoms with Crippen LogP contribution in [0.25, 0.3) is 0 Å². The van der Waals surface area contributed by atoms with Gasteiger partial charge in [-0.3, -0.25) is 10.6 Å². The summed E-state index contributed by atoms with van der Waals surface area (Å²) in [5.74, 6) is -0.211. The van der Waals surface area contributed by atoms with E-state index in [-0.39, 0.29) is 22.0 Å². The zero-order valence-corrected chi connectivity index (χ0v) is 23.4. The maximum absolute atomic E-state index is 12.8. The van der Waals surface area contributed by atoms with Crippen LogP contribution in [-0.4, -0.2) is 32.5 Å². The molecule has 0 spiro atoms. The third-order valence-corrected chi connectivity index (χ3v) is 6.78. The number of carbonyl (C=O) groups is 4. The highest BCUT2D eigenvalue weighted by Crippen LogP contribution is 2.29. The minimum absolute atomic E-state index is 0.0521. The summed E-state index contributed by atoms with van der Waals surface area (Å²) < 4.78 is 30.8. The smallest absolute Gasteiger partial charge is 0.339 e. The molecule has 0 radical (unpaired) electrons. The van der Waals surface area contributed by atoms with Gasteiger partial charge in [-0.15, -0.1) is 0 Å². The standard InChI is InChI=1S/C29H26N6O7S/c1-19-12-15-23(16-13-19)43(40,41)42-22-14-17-24(32-28(38)34-26(36)30-20-8-4-2-5-9-20)25(18-22)33-29(39)35-27(37)31-21-10-6-3-7-11-21/h2-18H,1H3,(H3,30,32,34,36,38)(H3,31,33,35,37,39). The van der Waals surface area contributed by atoms with Gasteiger partial charge in [0.15, 0.2) is 0 Å². The van der Waals surface area contributed by atoms with E-state index in [1.54, 1.807) is 79.7 Å². The van der Waals surface area contributed by atoms with Gasteiger partial charge in [-0.05, 0) is 55.5 Å². The molecule has 13 nitrogen and oxygen atoms in total. The molecule has 14 heteroatoms. The van der Waals surface area contributed by atoms with E-state index in [0.717, 1.165) is 11.6 Å². The topological polar surface area (TPSA) is 184 Å². The first-order chi connectivity index (χ1) is 20.6. The molecule has 0 atom stereocenters. The summed E-state index contributed by atoms with van der Waals surface area (Å²) in [7, 11) is -4.26. The highest BCUT2D eigenvalue weighted by Gasteiger charge is 2.19. The molecular formula is C29H26N6O7S. The largest absolute Gasteiger partial charge is 0.379 e. The minimum atomic E-state index is -4.26. The third-order valence-electron chi connectivity index (χ3n) is 5.52. The maximum atomic E-state index is 12.8. The molecule has 0 saturated carbocycles. The van der Waals surface area contributed by atoms with Crippen LogP contribution in [0.5, 0.6) is 5.75 Å². The number of benzene rings is 4. The van der Waals surface area contributed by atoms with Crippen LogP contribution in [0, 0.1) is 6.92 Å². The van der Waals surface area contributed by atoms with Crippen LogP contribution >= 0.6 is 0 Å². The SMILES string of the molecule is Cc1ccc(S(=O)(=O)Oc2ccc(NC(=O)NC(=O)Nc3ccccc3)c(NC(=O)NC(=O)Nc3ccccc3)c2)cc1. The van der Waals surface area contributed by atoms with Gasteiger partial charge in [0.2, 0.25) is 0 Å². The molecule has 0 saturated heterocycles. The highest BCUT2D eigenvalue weighted by atomic mass is 32.2. The minimum Gasteiger partial charge on any atom is -0.379 e. The molecule has 0 unspecified atom stereocenters. The van der Waals surface area contributed by atoms with Gasteiger partial charge in [-0.1, -0.05) is 54.1 Å². The lowest BCUT2D eigenvalue weighted by atomic mass is 10.2. The molecule has 0 aromatic heterocycles. The summed E-state index contributed by atoms with van der Waals surface area (Å²) in [5, 5.41) is 13.9. The van der Waals surface area contributed by atoms with Crippen molar-refractivity contribution in [2.24, 2.45) is 0 Å². The Morgan fingerprint density at radius 1 is 0.558 bits per heavy atom. The number of urea groups is 4. The van der Waals surface area contributed by atoms with Gasteiger partial charge in [-0.2, -0.15) is 8.42 Å². The summed E-state index contributed by atoms with van der Waals surface area (Å²) in [5.41, 5.74) is 1.51. The number of amides is 8. The van der Waals surface area contributed by atoms with Gasteiger partial charge in [0.05, 0.1) is 11.4 Å². The Bertz CT molecular complexity index is 1730. The van der Waals surface area contributed by atoms with Crippen LogP contribution in [0.15, 0.2) is 108 Å². The number of nitrogens with one attached hydrogen (secondary N) is 6. The van der Waals surface area contributed by atoms with E-state index < -0.39 is 34.2 Å². The molecule has 8 amide bonds. The first-order valence-corrected chi connectivity index (χ1v) is 14.0. The number of hydrogen-bond acceptors (Lipinski definition) is 7. The number of rotatable bonds is 7. The lowest BCUT2D eigenvalue weighted by Gasteiger charge is -2.15. The van der Waals surface area contributed by atoms with Crippen molar-refractivity contribution in [2.45, 2.75) is 11.8 Å². The predicted molar refractivity (Wildman–Crippen MR) is 161 cm³/mol. The van der Waals surface area contributed by atoms with E-state index >= 15 is 0 Å². The predicted octanol–water partition coefficient (Wildman–Crippen LogP) is 5.47. The second kappa shape index (κ2) is 13.6. The summed E-state index contributed by atoms with van der Waals surface area (Å²) >= 11 is 0. The molecule has 4 aromatic rings. The van der Waals surface area contributed by atoms with E-state index in [2.05, 4.69) is 31.9 Å². The number of para-hydroxylation sites is 2. The number of imide groups is 2. The van der Waals surface area contributed by atoms with Crippen molar-refractivity contribution in [3.05, 3.63) is 109 Å². The van der Waals surface area contributed by atoms with Crippen LogP contribution in [0.1, 0.15) is 5.56 Å². The Morgan fingerprint density at radius 3 is 1.53 bits per heavy atom. The lowest BCUT2D eigenvalue weighted by molar-refractivity contribution is 0.238. The van der Waals surface area contributed by atoms with Gasteiger partial charge in [0.1, 0.15) is 10.6 Å². The second-order valence-corrected chi connectivity index (χ2v) is 10.4. The van der Waals surface area contributed by atoms with Crippen molar-refractivity contribution in [1.82, 2.24) is 10.6 Å². The fraction of sp³-hybridized carbons (Fsp3) is 0.0345. The summed E-state index contributed by atoms with van der Waals surface area (Å²) in [6.45, 7) is 1.80. The molecule has 0 aliphatic heterocycles. The zero-order chi connectivity index (χ0) is 30.8. The number of aryl methyl sites for hydroxylation is 1. The quantitative estimate of drug-likeness (QED) is 0.152. The number of carbonyl (C=O) groups excluding carboxylic acids is 4. The molecule has 220 valence electrons. The fourth-order valence-electron chi connectivity index (χ4n) is 3.55. The van der Waals surface area contributed by atoms with Gasteiger partial charge >= 0.3 is 34.2 Å². The molecule has 4 aromatic carbocycles. The van der Waals surface area contributed by atoms with Crippen molar-refractivity contribution in [3.63, 3.8) is 0 Å². The molecule has 0 fully saturated rings. The van der Waals surface area contributed by atoms with E-state index in [9.17, 15) is 27.6 Å². The molecule has 0 bridgehead atoms. The number of hydrogen-bond donors (Lipinski definition) is 6. The maximum Gasteiger partial charge on any atom is 0.339 e. The Kier molecular flexibility index (Phi) is 9.55. The van der Waals surface area contributed by atoms with Crippen LogP contribution in [-0.2, 0) is 10.1 Å². The molecular weight excluding hydrogens is 576 g/mol. The summed E-state index contributed by atoms with van der Waals surface area (Å²) in [6.07, 6.45) is 0. The normalized spacial score (nSPS) is 10.5. The average molecular weight is 603 g/mol. The fourth-order valence-corrected chi connectivity index (χ4v) is 4.47. The summed E-state index contributed by atoms with van der Waals surface area (Å²) in [6, 6.07) is 22.6. The first-order valence-electron chi connectivity index (χ1n) is 12.6. The van der Waals surface area contributed by atoms with E-state index in [4.69, 9.17) is 4.18 Å². The van der Waals surface area contributed by atoms with Gasteiger partial charge < -0.3 is 25.5 Å². The van der Waals surface area contributed by atoms with Crippen molar-refractivity contribution < 1.29 is 31.8 Å². The van der Waals surface area contributed by atoms with Crippen molar-refractivity contribution in [2.75, 3.05) is 21.3 Å². The molecule has 4 rings (SSSR count). The molecule has 0 aliphatic carbocycles. The van der Waals surface area contributed by atoms with Crippen LogP contribution in [0.4, 0.5) is 41.9 Å². The Hall–Kier alpha value is -5.89. The van der Waals surface area contributed by atoms with Crippen molar-refractivity contribution >= 4 is 57.0 Å². The van der Waals surface area contributed by atoms with Crippen molar-refractivity contribution in [1.29, 1.82) is 0 Å². The third kappa shape index (κ3) is 9.06. The molecule has 6 N–H and O–H groups in total. The van der Waals surface area contributed by atoms with Crippen LogP contribution in [0.2, 0.25) is 0 Å². The van der Waals surface area contributed by atoms with Crippen LogP contribution in [0.3, 0.4) is 0 Å². The van der Waals surface area contributed by atoms with E-state index in [1.165, 1.54) is 24.3 Å². The zero-order valence-electron chi connectivity index (χ0n) is 22.6. The first kappa shape index (κ1) is 30.1. The van der Waals surface area contributed by atoms with Gasteiger partial charge in [0.25, 0.3) is 0 Å². The lowest BCUT2D eigenvalue weighted by Crippen LogP contribution is -2.39. The van der Waals surface area contributed by atoms with Crippen molar-refractivity contribution in [3.8, 4) is 5.75 Å². The average Bonchev–Trinajstić information content (AvgIpc) is 2.95. The molecule has 43 heavy (non-hydrogen) atoms. The molecule has 0 aliphatic rings. The van der Waals surface area contributed by atoms with E-state index in [1.807, 2.05) is 0 Å². The highest BCUT2D eigenvalue weighted by molar-refractivity contribution is 7.87. The second-order valence-electron chi connectivity index (χ2n) is 8.86. The Morgan fingerprint density at radius 2 is 1.02 bits per heavy atom. The monoisotopic (exact) mass is 602 g/mol.